The second-order valence-corrected chi connectivity index (χ2v) is 6.35. The number of hydrogen-bond acceptors (Lipinski definition) is 5. The van der Waals surface area contributed by atoms with Gasteiger partial charge < -0.3 is 9.72 Å². The fourth-order valence-corrected chi connectivity index (χ4v) is 2.87. The minimum absolute atomic E-state index is 0.181. The number of H-pyrrole nitrogens is 1. The monoisotopic (exact) mass is 294 g/mol. The Hall–Kier alpha value is -1.69. The topological polar surface area (TPSA) is 72.0 Å². The van der Waals surface area contributed by atoms with Crippen LogP contribution in [-0.2, 0) is 9.53 Å². The molecule has 0 bridgehead atoms. The summed E-state index contributed by atoms with van der Waals surface area (Å²) in [5, 5.41) is 0.624. The lowest BCUT2D eigenvalue weighted by molar-refractivity contribution is -0.152. The molecule has 5 nitrogen and oxygen atoms in total. The molecule has 0 aliphatic heterocycles. The average Bonchev–Trinajstić information content (AvgIpc) is 2.65. The van der Waals surface area contributed by atoms with Gasteiger partial charge in [0.25, 0.3) is 5.56 Å². The van der Waals surface area contributed by atoms with E-state index in [1.807, 2.05) is 13.8 Å². The van der Waals surface area contributed by atoms with Crippen LogP contribution in [0.4, 0.5) is 0 Å². The van der Waals surface area contributed by atoms with E-state index >= 15 is 0 Å². The fraction of sp³-hybridized carbons (Fsp3) is 0.500. The van der Waals surface area contributed by atoms with E-state index in [0.717, 1.165) is 10.4 Å². The first-order chi connectivity index (χ1) is 9.31. The molecule has 0 saturated heterocycles. The van der Waals surface area contributed by atoms with Crippen LogP contribution in [0.5, 0.6) is 0 Å². The summed E-state index contributed by atoms with van der Waals surface area (Å²) in [6, 6.07) is 0. The molecule has 2 heterocycles. The zero-order valence-electron chi connectivity index (χ0n) is 12.2. The third kappa shape index (κ3) is 2.60. The van der Waals surface area contributed by atoms with Gasteiger partial charge in [-0.05, 0) is 26.3 Å². The molecule has 0 aliphatic rings. The zero-order valence-corrected chi connectivity index (χ0v) is 13.1. The number of esters is 1. The van der Waals surface area contributed by atoms with Crippen LogP contribution in [0.25, 0.3) is 10.2 Å². The second kappa shape index (κ2) is 5.36. The molecule has 6 heteroatoms. The van der Waals surface area contributed by atoms with Gasteiger partial charge in [0.1, 0.15) is 4.83 Å². The van der Waals surface area contributed by atoms with Crippen LogP contribution in [-0.4, -0.2) is 15.9 Å². The van der Waals surface area contributed by atoms with Crippen molar-refractivity contribution < 1.29 is 9.53 Å². The Balaban J connectivity index is 2.41. The van der Waals surface area contributed by atoms with Crippen LogP contribution >= 0.6 is 11.3 Å². The Morgan fingerprint density at radius 3 is 2.55 bits per heavy atom. The quantitative estimate of drug-likeness (QED) is 0.883. The molecule has 0 spiro atoms. The molecular formula is C14H18N2O3S. The molecule has 0 unspecified atom stereocenters. The highest BCUT2D eigenvalue weighted by Gasteiger charge is 2.19. The first-order valence-corrected chi connectivity index (χ1v) is 7.33. The van der Waals surface area contributed by atoms with E-state index in [-0.39, 0.29) is 17.4 Å². The fourth-order valence-electron chi connectivity index (χ4n) is 1.83. The lowest BCUT2D eigenvalue weighted by atomic mass is 10.2. The number of aromatic amines is 1. The Kier molecular flexibility index (Phi) is 3.94. The van der Waals surface area contributed by atoms with E-state index in [4.69, 9.17) is 4.74 Å². The minimum atomic E-state index is -0.565. The lowest BCUT2D eigenvalue weighted by Crippen LogP contribution is -2.19. The van der Waals surface area contributed by atoms with E-state index in [2.05, 4.69) is 9.97 Å². The van der Waals surface area contributed by atoms with Crippen LogP contribution in [0.1, 0.15) is 43.1 Å². The van der Waals surface area contributed by atoms with E-state index in [9.17, 15) is 9.59 Å². The normalized spacial score (nSPS) is 12.9. The highest BCUT2D eigenvalue weighted by Crippen LogP contribution is 2.27. The molecule has 20 heavy (non-hydrogen) atoms. The molecule has 0 aromatic carbocycles. The molecule has 2 rings (SSSR count). The molecule has 108 valence electrons. The molecule has 1 atom stereocenters. The molecule has 0 saturated carbocycles. The Morgan fingerprint density at radius 2 is 1.95 bits per heavy atom. The van der Waals surface area contributed by atoms with Crippen molar-refractivity contribution in [1.82, 2.24) is 9.97 Å². The van der Waals surface area contributed by atoms with Crippen LogP contribution in [0, 0.1) is 19.8 Å². The van der Waals surface area contributed by atoms with Gasteiger partial charge >= 0.3 is 5.97 Å². The molecule has 0 fully saturated rings. The van der Waals surface area contributed by atoms with Gasteiger partial charge in [-0.2, -0.15) is 0 Å². The van der Waals surface area contributed by atoms with Gasteiger partial charge in [-0.3, -0.25) is 9.59 Å². The number of rotatable bonds is 3. The number of nitrogens with one attached hydrogen (secondary N) is 1. The number of carbonyl (C=O) groups is 1. The maximum atomic E-state index is 12.1. The van der Waals surface area contributed by atoms with Gasteiger partial charge in [-0.15, -0.1) is 11.3 Å². The maximum absolute atomic E-state index is 12.1. The van der Waals surface area contributed by atoms with Gasteiger partial charge in [0.15, 0.2) is 11.9 Å². The summed E-state index contributed by atoms with van der Waals surface area (Å²) in [5.41, 5.74) is 0.774. The van der Waals surface area contributed by atoms with Crippen molar-refractivity contribution in [2.24, 2.45) is 5.92 Å². The third-order valence-corrected chi connectivity index (χ3v) is 4.31. The third-order valence-electron chi connectivity index (χ3n) is 3.21. The number of aromatic nitrogens is 2. The van der Waals surface area contributed by atoms with Gasteiger partial charge in [0, 0.05) is 4.88 Å². The molecule has 0 aliphatic carbocycles. The van der Waals surface area contributed by atoms with E-state index < -0.39 is 6.10 Å². The predicted octanol–water partition coefficient (Wildman–Crippen LogP) is 2.86. The van der Waals surface area contributed by atoms with Crippen LogP contribution in [0.3, 0.4) is 0 Å². The standard InChI is InChI=1S/C14H18N2O3S/c1-6(2)14(18)19-8(4)11-15-12(17)10-7(3)9(5)20-13(10)16-11/h6,8H,1-5H3,(H,15,16,17)/t8-/m1/s1. The molecule has 0 radical (unpaired) electrons. The lowest BCUT2D eigenvalue weighted by Gasteiger charge is -2.14. The predicted molar refractivity (Wildman–Crippen MR) is 79.1 cm³/mol. The van der Waals surface area contributed by atoms with Crippen molar-refractivity contribution in [2.45, 2.75) is 40.7 Å². The van der Waals surface area contributed by atoms with E-state index in [1.54, 1.807) is 20.8 Å². The van der Waals surface area contributed by atoms with Crippen molar-refractivity contribution in [3.63, 3.8) is 0 Å². The van der Waals surface area contributed by atoms with Gasteiger partial charge in [-0.25, -0.2) is 4.98 Å². The van der Waals surface area contributed by atoms with Crippen molar-refractivity contribution in [1.29, 1.82) is 0 Å². The Labute approximate surface area is 121 Å². The van der Waals surface area contributed by atoms with E-state index in [1.165, 1.54) is 11.3 Å². The van der Waals surface area contributed by atoms with Crippen LogP contribution in [0.15, 0.2) is 4.79 Å². The Bertz CT molecular complexity index is 715. The smallest absolute Gasteiger partial charge is 0.309 e. The van der Waals surface area contributed by atoms with Gasteiger partial charge in [-0.1, -0.05) is 13.8 Å². The number of hydrogen-bond donors (Lipinski definition) is 1. The number of nitrogens with zero attached hydrogens (tertiary/aromatic N) is 1. The van der Waals surface area contributed by atoms with Crippen molar-refractivity contribution in [2.75, 3.05) is 0 Å². The second-order valence-electron chi connectivity index (χ2n) is 5.15. The first-order valence-electron chi connectivity index (χ1n) is 6.51. The largest absolute Gasteiger partial charge is 0.454 e. The summed E-state index contributed by atoms with van der Waals surface area (Å²) in [6.45, 7) is 9.11. The summed E-state index contributed by atoms with van der Waals surface area (Å²) in [5.74, 6) is -0.129. The first kappa shape index (κ1) is 14.7. The minimum Gasteiger partial charge on any atom is -0.454 e. The van der Waals surface area contributed by atoms with Crippen molar-refractivity contribution >= 4 is 27.5 Å². The molecular weight excluding hydrogens is 276 g/mol. The van der Waals surface area contributed by atoms with Crippen LogP contribution < -0.4 is 5.56 Å². The highest BCUT2D eigenvalue weighted by atomic mass is 32.1. The zero-order chi connectivity index (χ0) is 15.0. The van der Waals surface area contributed by atoms with Crippen LogP contribution in [0.2, 0.25) is 0 Å². The number of thiophene rings is 1. The summed E-state index contributed by atoms with van der Waals surface area (Å²) >= 11 is 1.48. The highest BCUT2D eigenvalue weighted by molar-refractivity contribution is 7.18. The molecule has 2 aromatic heterocycles. The SMILES string of the molecule is Cc1sc2nc([C@@H](C)OC(=O)C(C)C)[nH]c(=O)c2c1C. The van der Waals surface area contributed by atoms with Gasteiger partial charge in [0.05, 0.1) is 11.3 Å². The summed E-state index contributed by atoms with van der Waals surface area (Å²) < 4.78 is 5.27. The summed E-state index contributed by atoms with van der Waals surface area (Å²) in [7, 11) is 0. The maximum Gasteiger partial charge on any atom is 0.309 e. The van der Waals surface area contributed by atoms with Gasteiger partial charge in [0.2, 0.25) is 0 Å². The number of aryl methyl sites for hydroxylation is 2. The average molecular weight is 294 g/mol. The summed E-state index contributed by atoms with van der Waals surface area (Å²) in [4.78, 5) is 32.6. The van der Waals surface area contributed by atoms with Crippen molar-refractivity contribution in [3.8, 4) is 0 Å². The Morgan fingerprint density at radius 1 is 1.30 bits per heavy atom. The number of carbonyl (C=O) groups excluding carboxylic acids is 1. The number of ether oxygens (including phenoxy) is 1. The van der Waals surface area contributed by atoms with Crippen molar-refractivity contribution in [3.05, 3.63) is 26.6 Å². The molecule has 0 amide bonds. The van der Waals surface area contributed by atoms with E-state index in [0.29, 0.717) is 16.0 Å². The molecule has 2 aromatic rings. The molecule has 1 N–H and O–H groups in total. The summed E-state index contributed by atoms with van der Waals surface area (Å²) in [6.07, 6.45) is -0.565. The number of fused-ring (bicyclic) bond motifs is 1.